The van der Waals surface area contributed by atoms with Gasteiger partial charge in [-0.1, -0.05) is 30.4 Å². The van der Waals surface area contributed by atoms with Gasteiger partial charge in [0.1, 0.15) is 6.04 Å². The Balaban J connectivity index is 1.61. The van der Waals surface area contributed by atoms with E-state index in [0.29, 0.717) is 31.2 Å². The summed E-state index contributed by atoms with van der Waals surface area (Å²) in [6, 6.07) is 7.44. The molecule has 1 fully saturated rings. The highest BCUT2D eigenvalue weighted by Crippen LogP contribution is 2.35. The number of hydrogen-bond acceptors (Lipinski definition) is 3. The summed E-state index contributed by atoms with van der Waals surface area (Å²) in [6.45, 7) is 0.635. The zero-order valence-corrected chi connectivity index (χ0v) is 15.0. The van der Waals surface area contributed by atoms with Gasteiger partial charge in [-0.05, 0) is 36.3 Å². The highest BCUT2D eigenvalue weighted by atomic mass is 16.5. The molecule has 1 aromatic heterocycles. The van der Waals surface area contributed by atoms with Gasteiger partial charge in [0.15, 0.2) is 0 Å². The molecule has 4 rings (SSSR count). The van der Waals surface area contributed by atoms with Crippen LogP contribution in [0.1, 0.15) is 24.8 Å². The van der Waals surface area contributed by atoms with Gasteiger partial charge in [0.2, 0.25) is 5.91 Å². The Hall–Kier alpha value is -2.56. The molecule has 1 aromatic carbocycles. The SMILES string of the molecule is COC(=O)[C@H](Cc1c[nH]c2ccccc12)N1C[C@@H]2CC=CC[C@@H]2CC1=O. The van der Waals surface area contributed by atoms with E-state index in [1.807, 2.05) is 30.5 Å². The number of methoxy groups -OCH3 is 1. The molecule has 0 spiro atoms. The van der Waals surface area contributed by atoms with Crippen molar-refractivity contribution in [2.45, 2.75) is 31.7 Å². The average Bonchev–Trinajstić information content (AvgIpc) is 3.08. The number of allylic oxidation sites excluding steroid dienone is 2. The second kappa shape index (κ2) is 6.98. The number of amides is 1. The molecule has 5 heteroatoms. The van der Waals surface area contributed by atoms with Crippen molar-refractivity contribution in [1.82, 2.24) is 9.88 Å². The molecular formula is C21H24N2O3. The molecule has 0 radical (unpaired) electrons. The summed E-state index contributed by atoms with van der Waals surface area (Å²) in [4.78, 5) is 30.3. The van der Waals surface area contributed by atoms with E-state index in [-0.39, 0.29) is 11.9 Å². The van der Waals surface area contributed by atoms with Crippen molar-refractivity contribution in [3.63, 3.8) is 0 Å². The van der Waals surface area contributed by atoms with Crippen LogP contribution in [-0.4, -0.2) is 41.5 Å². The van der Waals surface area contributed by atoms with Crippen molar-refractivity contribution in [1.29, 1.82) is 0 Å². The second-order valence-electron chi connectivity index (χ2n) is 7.32. The number of H-pyrrole nitrogens is 1. The maximum atomic E-state index is 12.8. The van der Waals surface area contributed by atoms with Gasteiger partial charge in [0.05, 0.1) is 7.11 Å². The van der Waals surface area contributed by atoms with Crippen molar-refractivity contribution >= 4 is 22.8 Å². The summed E-state index contributed by atoms with van der Waals surface area (Å²) in [6.07, 6.45) is 9.24. The molecule has 0 saturated carbocycles. The first-order chi connectivity index (χ1) is 12.7. The normalized spacial score (nSPS) is 23.7. The number of para-hydroxylation sites is 1. The molecule has 1 N–H and O–H groups in total. The number of esters is 1. The van der Waals surface area contributed by atoms with E-state index in [4.69, 9.17) is 4.74 Å². The molecule has 2 aliphatic rings. The summed E-state index contributed by atoms with van der Waals surface area (Å²) in [5, 5.41) is 1.09. The Morgan fingerprint density at radius 1 is 1.27 bits per heavy atom. The van der Waals surface area contributed by atoms with Crippen LogP contribution in [0.5, 0.6) is 0 Å². The van der Waals surface area contributed by atoms with Crippen LogP contribution in [0.4, 0.5) is 0 Å². The van der Waals surface area contributed by atoms with Crippen LogP contribution < -0.4 is 0 Å². The van der Waals surface area contributed by atoms with Crippen LogP contribution in [0.3, 0.4) is 0 Å². The van der Waals surface area contributed by atoms with Gasteiger partial charge in [0.25, 0.3) is 0 Å². The van der Waals surface area contributed by atoms with E-state index in [1.54, 1.807) is 4.90 Å². The van der Waals surface area contributed by atoms with E-state index in [9.17, 15) is 9.59 Å². The molecule has 2 aromatic rings. The molecule has 1 aliphatic carbocycles. The summed E-state index contributed by atoms with van der Waals surface area (Å²) in [5.74, 6) is 0.577. The van der Waals surface area contributed by atoms with E-state index in [2.05, 4.69) is 17.1 Å². The zero-order chi connectivity index (χ0) is 18.1. The average molecular weight is 352 g/mol. The van der Waals surface area contributed by atoms with Gasteiger partial charge in [-0.15, -0.1) is 0 Å². The Labute approximate surface area is 153 Å². The van der Waals surface area contributed by atoms with E-state index >= 15 is 0 Å². The third kappa shape index (κ3) is 3.02. The number of carbonyl (C=O) groups is 2. The van der Waals surface area contributed by atoms with E-state index < -0.39 is 6.04 Å². The molecule has 0 bridgehead atoms. The number of carbonyl (C=O) groups excluding carboxylic acids is 2. The molecule has 2 heterocycles. The topological polar surface area (TPSA) is 62.4 Å². The zero-order valence-electron chi connectivity index (χ0n) is 15.0. The summed E-state index contributed by atoms with van der Waals surface area (Å²) < 4.78 is 5.05. The predicted molar refractivity (Wildman–Crippen MR) is 99.5 cm³/mol. The summed E-state index contributed by atoms with van der Waals surface area (Å²) in [7, 11) is 1.39. The van der Waals surface area contributed by atoms with Crippen molar-refractivity contribution in [3.8, 4) is 0 Å². The van der Waals surface area contributed by atoms with Crippen molar-refractivity contribution in [2.75, 3.05) is 13.7 Å². The molecular weight excluding hydrogens is 328 g/mol. The Morgan fingerprint density at radius 3 is 2.85 bits per heavy atom. The Morgan fingerprint density at radius 2 is 2.04 bits per heavy atom. The first-order valence-electron chi connectivity index (χ1n) is 9.24. The van der Waals surface area contributed by atoms with Gasteiger partial charge >= 0.3 is 5.97 Å². The van der Waals surface area contributed by atoms with E-state index in [1.165, 1.54) is 7.11 Å². The van der Waals surface area contributed by atoms with Gasteiger partial charge in [-0.25, -0.2) is 4.79 Å². The number of aromatic nitrogens is 1. The van der Waals surface area contributed by atoms with Gasteiger partial charge in [-0.2, -0.15) is 0 Å². The number of nitrogens with zero attached hydrogens (tertiary/aromatic N) is 1. The Kier molecular flexibility index (Phi) is 4.53. The smallest absolute Gasteiger partial charge is 0.328 e. The lowest BCUT2D eigenvalue weighted by Crippen LogP contribution is -2.53. The molecule has 1 saturated heterocycles. The lowest BCUT2D eigenvalue weighted by Gasteiger charge is -2.42. The molecule has 26 heavy (non-hydrogen) atoms. The van der Waals surface area contributed by atoms with Crippen LogP contribution >= 0.6 is 0 Å². The van der Waals surface area contributed by atoms with Crippen molar-refractivity contribution in [2.24, 2.45) is 11.8 Å². The molecule has 136 valence electrons. The number of aromatic amines is 1. The fourth-order valence-corrected chi connectivity index (χ4v) is 4.36. The van der Waals surface area contributed by atoms with Gasteiger partial charge in [0, 0.05) is 36.5 Å². The number of fused-ring (bicyclic) bond motifs is 2. The minimum Gasteiger partial charge on any atom is -0.467 e. The fraction of sp³-hybridized carbons (Fsp3) is 0.429. The van der Waals surface area contributed by atoms with Gasteiger partial charge in [-0.3, -0.25) is 4.79 Å². The lowest BCUT2D eigenvalue weighted by atomic mass is 9.77. The second-order valence-corrected chi connectivity index (χ2v) is 7.32. The number of rotatable bonds is 4. The standard InChI is InChI=1S/C21H24N2O3/c1-26-21(25)19(10-16-12-22-18-9-5-4-8-17(16)18)23-13-15-7-3-2-6-14(15)11-20(23)24/h2-5,8-9,12,14-15,19,22H,6-7,10-11,13H2,1H3/t14-,15+,19+/m1/s1. The van der Waals surface area contributed by atoms with Crippen molar-refractivity contribution in [3.05, 3.63) is 48.2 Å². The monoisotopic (exact) mass is 352 g/mol. The first-order valence-corrected chi connectivity index (χ1v) is 9.24. The van der Waals surface area contributed by atoms with Crippen molar-refractivity contribution < 1.29 is 14.3 Å². The third-order valence-electron chi connectivity index (χ3n) is 5.84. The molecule has 1 aliphatic heterocycles. The van der Waals surface area contributed by atoms with Crippen LogP contribution in [-0.2, 0) is 20.7 Å². The number of likely N-dealkylation sites (tertiary alicyclic amines) is 1. The maximum absolute atomic E-state index is 12.8. The van der Waals surface area contributed by atoms with E-state index in [0.717, 1.165) is 29.3 Å². The fourth-order valence-electron chi connectivity index (χ4n) is 4.36. The summed E-state index contributed by atoms with van der Waals surface area (Å²) >= 11 is 0. The predicted octanol–water partition coefficient (Wildman–Crippen LogP) is 3.07. The van der Waals surface area contributed by atoms with Crippen LogP contribution in [0, 0.1) is 11.8 Å². The Bertz CT molecular complexity index is 854. The minimum absolute atomic E-state index is 0.0665. The van der Waals surface area contributed by atoms with Crippen LogP contribution in [0.25, 0.3) is 10.9 Å². The van der Waals surface area contributed by atoms with Crippen LogP contribution in [0.2, 0.25) is 0 Å². The largest absolute Gasteiger partial charge is 0.467 e. The number of nitrogens with one attached hydrogen (secondary N) is 1. The maximum Gasteiger partial charge on any atom is 0.328 e. The molecule has 0 unspecified atom stereocenters. The minimum atomic E-state index is -0.571. The highest BCUT2D eigenvalue weighted by molar-refractivity contribution is 5.87. The highest BCUT2D eigenvalue weighted by Gasteiger charge is 2.40. The molecule has 3 atom stereocenters. The molecule has 1 amide bonds. The van der Waals surface area contributed by atoms with Gasteiger partial charge < -0.3 is 14.6 Å². The molecule has 5 nitrogen and oxygen atoms in total. The first kappa shape index (κ1) is 16.9. The number of ether oxygens (including phenoxy) is 1. The third-order valence-corrected chi connectivity index (χ3v) is 5.84. The van der Waals surface area contributed by atoms with Crippen LogP contribution in [0.15, 0.2) is 42.6 Å². The quantitative estimate of drug-likeness (QED) is 0.679. The number of benzene rings is 1. The number of piperidine rings is 1. The summed E-state index contributed by atoms with van der Waals surface area (Å²) in [5.41, 5.74) is 2.07. The lowest BCUT2D eigenvalue weighted by molar-refractivity contribution is -0.156. The number of hydrogen-bond donors (Lipinski definition) is 1.